The molecule has 1 saturated heterocycles. The average molecular weight is 668 g/mol. The lowest BCUT2D eigenvalue weighted by Gasteiger charge is -2.40. The van der Waals surface area contributed by atoms with E-state index in [1.165, 1.54) is 28.5 Å². The minimum absolute atomic E-state index is 0.0161. The van der Waals surface area contributed by atoms with E-state index in [1.807, 2.05) is 23.1 Å². The molecular formula is C30H38ClN3O8S2. The Kier molecular flexibility index (Phi) is 13.9. The highest BCUT2D eigenvalue weighted by Crippen LogP contribution is 2.43. The fourth-order valence-corrected chi connectivity index (χ4v) is 8.01. The maximum atomic E-state index is 13.6. The van der Waals surface area contributed by atoms with Crippen LogP contribution < -0.4 is 11.1 Å². The summed E-state index contributed by atoms with van der Waals surface area (Å²) in [6.45, 7) is 2.22. The smallest absolute Gasteiger partial charge is 0.328 e. The molecule has 2 fully saturated rings. The number of halogens is 1. The van der Waals surface area contributed by atoms with E-state index in [9.17, 15) is 33.9 Å². The molecule has 11 nitrogen and oxygen atoms in total. The van der Waals surface area contributed by atoms with E-state index in [0.717, 1.165) is 24.5 Å². The molecule has 1 saturated carbocycles. The number of hydrogen-bond acceptors (Lipinski definition) is 10. The highest BCUT2D eigenvalue weighted by atomic mass is 35.5. The second-order valence-corrected chi connectivity index (χ2v) is 14.0. The van der Waals surface area contributed by atoms with Crippen LogP contribution in [0.25, 0.3) is 0 Å². The molecule has 4 unspecified atom stereocenters. The van der Waals surface area contributed by atoms with Gasteiger partial charge in [0.2, 0.25) is 5.91 Å². The van der Waals surface area contributed by atoms with Crippen LogP contribution in [0.15, 0.2) is 35.9 Å². The predicted molar refractivity (Wildman–Crippen MR) is 169 cm³/mol. The van der Waals surface area contributed by atoms with Crippen molar-refractivity contribution in [2.24, 2.45) is 11.7 Å². The van der Waals surface area contributed by atoms with Gasteiger partial charge in [-0.3, -0.25) is 28.9 Å². The number of carbonyl (C=O) groups excluding carboxylic acids is 4. The lowest BCUT2D eigenvalue weighted by atomic mass is 9.89. The number of piperidine rings is 1. The fraction of sp³-hybridized carbons (Fsp3) is 0.533. The number of likely N-dealkylation sites (tertiary alicyclic amines) is 1. The van der Waals surface area contributed by atoms with Crippen LogP contribution in [0.2, 0.25) is 5.02 Å². The summed E-state index contributed by atoms with van der Waals surface area (Å²) in [5, 5.41) is 21.6. The quantitative estimate of drug-likeness (QED) is 0.133. The van der Waals surface area contributed by atoms with E-state index in [4.69, 9.17) is 22.4 Å². The Balaban J connectivity index is 1.74. The van der Waals surface area contributed by atoms with E-state index in [0.29, 0.717) is 30.1 Å². The molecule has 4 atom stereocenters. The van der Waals surface area contributed by atoms with Gasteiger partial charge in [-0.1, -0.05) is 51.4 Å². The summed E-state index contributed by atoms with van der Waals surface area (Å²) in [4.78, 5) is 75.4. The molecule has 1 aliphatic heterocycles. The first-order chi connectivity index (χ1) is 20.9. The van der Waals surface area contributed by atoms with Crippen LogP contribution in [-0.4, -0.2) is 86.0 Å². The van der Waals surface area contributed by atoms with Crippen LogP contribution in [-0.2, 0) is 35.3 Å². The molecule has 1 aromatic rings. The Hall–Kier alpha value is -2.71. The summed E-state index contributed by atoms with van der Waals surface area (Å²) in [5.41, 5.74) is 7.02. The van der Waals surface area contributed by atoms with Crippen LogP contribution in [0.4, 0.5) is 0 Å². The highest BCUT2D eigenvalue weighted by molar-refractivity contribution is 8.77. The Bertz CT molecular complexity index is 1290. The standard InChI is InChI=1S/C30H38ClN3O8S2/c1-17(35)22(32)8-10-26(37)33-23(24(36)9-11-27(38)39)16-43-44-25-12-13-34(15-19-4-2-3-5-21(19)31)29(20(25)14-28(40)41)30(42)18-6-7-18/h2-5,14,18,22-23,25,29H,6-13,15-16,32H2,1H3,(H,33,37)(H,38,39)(H,40,41)/b20-14+. The maximum Gasteiger partial charge on any atom is 0.328 e. The zero-order valence-corrected chi connectivity index (χ0v) is 26.8. The summed E-state index contributed by atoms with van der Waals surface area (Å²) in [6.07, 6.45) is 2.52. The van der Waals surface area contributed by atoms with E-state index < -0.39 is 48.2 Å². The van der Waals surface area contributed by atoms with Crippen molar-refractivity contribution in [3.05, 3.63) is 46.5 Å². The van der Waals surface area contributed by atoms with Crippen molar-refractivity contribution in [1.82, 2.24) is 10.2 Å². The fourth-order valence-electron chi connectivity index (χ4n) is 4.90. The van der Waals surface area contributed by atoms with Crippen LogP contribution >= 0.6 is 33.2 Å². The Morgan fingerprint density at radius 3 is 2.41 bits per heavy atom. The molecule has 0 aromatic heterocycles. The van der Waals surface area contributed by atoms with Gasteiger partial charge in [0.15, 0.2) is 11.6 Å². The molecule has 44 heavy (non-hydrogen) atoms. The van der Waals surface area contributed by atoms with Gasteiger partial charge in [0.05, 0.1) is 24.5 Å². The number of aliphatic carboxylic acids is 2. The molecule has 1 heterocycles. The molecule has 0 bridgehead atoms. The summed E-state index contributed by atoms with van der Waals surface area (Å²) < 4.78 is 0. The lowest BCUT2D eigenvalue weighted by Crippen LogP contribution is -2.50. The zero-order valence-electron chi connectivity index (χ0n) is 24.4. The topological polar surface area (TPSA) is 184 Å². The van der Waals surface area contributed by atoms with Crippen molar-refractivity contribution in [2.45, 2.75) is 81.8 Å². The Labute approximate surface area is 269 Å². The molecule has 1 aromatic carbocycles. The molecule has 1 aliphatic carbocycles. The van der Waals surface area contributed by atoms with Crippen LogP contribution in [0.3, 0.4) is 0 Å². The van der Waals surface area contributed by atoms with Gasteiger partial charge in [-0.2, -0.15) is 0 Å². The summed E-state index contributed by atoms with van der Waals surface area (Å²) in [7, 11) is 2.58. The SMILES string of the molecule is CC(=O)C(N)CCC(=O)NC(CSSC1CCN(Cc2ccccc2Cl)C(C(=O)C2CC2)/C1=C/C(=O)O)C(=O)CCC(=O)O. The molecule has 1 amide bonds. The van der Waals surface area contributed by atoms with Gasteiger partial charge in [0, 0.05) is 54.0 Å². The van der Waals surface area contributed by atoms with Crippen LogP contribution in [0, 0.1) is 5.92 Å². The highest BCUT2D eigenvalue weighted by Gasteiger charge is 2.44. The number of carboxylic acids is 2. The number of ketones is 3. The average Bonchev–Trinajstić information content (AvgIpc) is 3.81. The van der Waals surface area contributed by atoms with E-state index in [-0.39, 0.29) is 47.7 Å². The van der Waals surface area contributed by atoms with E-state index in [2.05, 4.69) is 5.32 Å². The van der Waals surface area contributed by atoms with Gasteiger partial charge in [-0.05, 0) is 49.8 Å². The zero-order chi connectivity index (χ0) is 32.4. The second kappa shape index (κ2) is 17.1. The Morgan fingerprint density at radius 2 is 1.80 bits per heavy atom. The third-order valence-electron chi connectivity index (χ3n) is 7.53. The van der Waals surface area contributed by atoms with Crippen LogP contribution in [0.5, 0.6) is 0 Å². The van der Waals surface area contributed by atoms with Crippen LogP contribution in [0.1, 0.15) is 57.4 Å². The Morgan fingerprint density at radius 1 is 1.09 bits per heavy atom. The monoisotopic (exact) mass is 667 g/mol. The number of carboxylic acid groups (broad SMARTS) is 2. The molecule has 240 valence electrons. The van der Waals surface area contributed by atoms with Gasteiger partial charge < -0.3 is 21.3 Å². The van der Waals surface area contributed by atoms with E-state index in [1.54, 1.807) is 6.07 Å². The van der Waals surface area contributed by atoms with Crippen molar-refractivity contribution in [2.75, 3.05) is 12.3 Å². The second-order valence-electron chi connectivity index (χ2n) is 11.0. The molecule has 0 radical (unpaired) electrons. The third kappa shape index (κ3) is 11.0. The van der Waals surface area contributed by atoms with Gasteiger partial charge in [0.25, 0.3) is 0 Å². The molecule has 3 rings (SSSR count). The first-order valence-electron chi connectivity index (χ1n) is 14.4. The third-order valence-corrected chi connectivity index (χ3v) is 10.8. The largest absolute Gasteiger partial charge is 0.481 e. The number of rotatable bonds is 18. The molecule has 5 N–H and O–H groups in total. The van der Waals surface area contributed by atoms with Gasteiger partial charge in [-0.15, -0.1) is 0 Å². The summed E-state index contributed by atoms with van der Waals surface area (Å²) in [6, 6.07) is 4.79. The van der Waals surface area contributed by atoms with Crippen molar-refractivity contribution < 1.29 is 39.0 Å². The number of Topliss-reactive ketones (excluding diaryl/α,β-unsaturated/α-hetero) is 3. The lowest BCUT2D eigenvalue weighted by molar-refractivity contribution is -0.138. The number of amides is 1. The number of benzene rings is 1. The first kappa shape index (κ1) is 35.8. The van der Waals surface area contributed by atoms with Crippen molar-refractivity contribution in [3.8, 4) is 0 Å². The predicted octanol–water partition coefficient (Wildman–Crippen LogP) is 3.27. The minimum Gasteiger partial charge on any atom is -0.481 e. The first-order valence-corrected chi connectivity index (χ1v) is 17.2. The van der Waals surface area contributed by atoms with E-state index >= 15 is 0 Å². The molecular weight excluding hydrogens is 630 g/mol. The maximum absolute atomic E-state index is 13.6. The van der Waals surface area contributed by atoms with Gasteiger partial charge in [-0.25, -0.2) is 4.79 Å². The van der Waals surface area contributed by atoms with Crippen molar-refractivity contribution in [1.29, 1.82) is 0 Å². The number of nitrogens with two attached hydrogens (primary N) is 1. The van der Waals surface area contributed by atoms with Crippen molar-refractivity contribution in [3.63, 3.8) is 0 Å². The van der Waals surface area contributed by atoms with Gasteiger partial charge in [0.1, 0.15) is 5.78 Å². The number of nitrogens with zero attached hydrogens (tertiary/aromatic N) is 1. The molecule has 14 heteroatoms. The number of nitrogens with one attached hydrogen (secondary N) is 1. The minimum atomic E-state index is -1.17. The molecule has 2 aliphatic rings. The molecule has 0 spiro atoms. The van der Waals surface area contributed by atoms with Gasteiger partial charge >= 0.3 is 11.9 Å². The number of hydrogen-bond donors (Lipinski definition) is 4. The summed E-state index contributed by atoms with van der Waals surface area (Å²) in [5.74, 6) is -3.56. The van der Waals surface area contributed by atoms with Crippen molar-refractivity contribution >= 4 is 68.4 Å². The normalized spacial score (nSPS) is 20.9. The number of carbonyl (C=O) groups is 6. The summed E-state index contributed by atoms with van der Waals surface area (Å²) >= 11 is 6.40.